The molecule has 0 saturated carbocycles. The normalized spacial score (nSPS) is 19.4. The molecule has 10 heteroatoms. The molecule has 1 fully saturated rings. The summed E-state index contributed by atoms with van der Waals surface area (Å²) < 4.78 is 7.45. The molecule has 0 unspecified atom stereocenters. The third-order valence-corrected chi connectivity index (χ3v) is 5.24. The Morgan fingerprint density at radius 3 is 2.93 bits per heavy atom. The molecule has 0 bridgehead atoms. The van der Waals surface area contributed by atoms with Gasteiger partial charge in [0.1, 0.15) is 23.2 Å². The first-order valence-corrected chi connectivity index (χ1v) is 10.4. The van der Waals surface area contributed by atoms with Crippen molar-refractivity contribution in [2.75, 3.05) is 36.5 Å². The van der Waals surface area contributed by atoms with E-state index >= 15 is 0 Å². The minimum absolute atomic E-state index is 0.291. The Balaban J connectivity index is 1.80. The van der Waals surface area contributed by atoms with Gasteiger partial charge in [0.2, 0.25) is 5.95 Å². The Morgan fingerprint density at radius 1 is 1.30 bits per heavy atom. The minimum atomic E-state index is 0.291. The van der Waals surface area contributed by atoms with Crippen molar-refractivity contribution in [2.24, 2.45) is 0 Å². The number of aromatic nitrogens is 6. The number of fused-ring (bicyclic) bond motifs is 1. The molecule has 1 aliphatic rings. The van der Waals surface area contributed by atoms with Gasteiger partial charge in [-0.2, -0.15) is 10.1 Å². The molecular formula is C20H29N9O. The molecule has 0 radical (unpaired) electrons. The highest BCUT2D eigenvalue weighted by Crippen LogP contribution is 2.29. The summed E-state index contributed by atoms with van der Waals surface area (Å²) in [5.41, 5.74) is 2.56. The number of nitrogens with one attached hydrogen (secondary N) is 2. The number of rotatable bonds is 7. The van der Waals surface area contributed by atoms with Crippen LogP contribution in [0, 0.1) is 6.92 Å². The lowest BCUT2D eigenvalue weighted by molar-refractivity contribution is 0.137. The van der Waals surface area contributed by atoms with Crippen LogP contribution in [0.3, 0.4) is 0 Å². The van der Waals surface area contributed by atoms with Crippen LogP contribution in [0.2, 0.25) is 0 Å². The summed E-state index contributed by atoms with van der Waals surface area (Å²) in [5.74, 6) is 2.06. The summed E-state index contributed by atoms with van der Waals surface area (Å²) in [6.07, 6.45) is 3.21. The molecule has 0 amide bonds. The van der Waals surface area contributed by atoms with E-state index < -0.39 is 0 Å². The summed E-state index contributed by atoms with van der Waals surface area (Å²) in [7, 11) is 0. The maximum absolute atomic E-state index is 5.54. The zero-order chi connectivity index (χ0) is 21.1. The summed E-state index contributed by atoms with van der Waals surface area (Å²) in [5, 5.41) is 11.6. The Kier molecular flexibility index (Phi) is 6.05. The minimum Gasteiger partial charge on any atom is -0.380 e. The van der Waals surface area contributed by atoms with E-state index in [1.807, 2.05) is 24.6 Å². The monoisotopic (exact) mass is 411 g/mol. The quantitative estimate of drug-likeness (QED) is 0.564. The molecule has 30 heavy (non-hydrogen) atoms. The summed E-state index contributed by atoms with van der Waals surface area (Å²) >= 11 is 0. The van der Waals surface area contributed by atoms with Gasteiger partial charge in [0.15, 0.2) is 5.82 Å². The van der Waals surface area contributed by atoms with Gasteiger partial charge in [0, 0.05) is 38.0 Å². The second-order valence-electron chi connectivity index (χ2n) is 7.61. The Hall–Kier alpha value is -2.85. The second kappa shape index (κ2) is 8.88. The van der Waals surface area contributed by atoms with Crippen LogP contribution in [0.5, 0.6) is 0 Å². The van der Waals surface area contributed by atoms with E-state index in [1.165, 1.54) is 6.33 Å². The lowest BCUT2D eigenvalue weighted by atomic mass is 10.1. The van der Waals surface area contributed by atoms with Gasteiger partial charge < -0.3 is 20.3 Å². The van der Waals surface area contributed by atoms with Crippen molar-refractivity contribution in [1.29, 1.82) is 0 Å². The van der Waals surface area contributed by atoms with Crippen LogP contribution in [0.15, 0.2) is 18.6 Å². The van der Waals surface area contributed by atoms with Crippen molar-refractivity contribution in [3.8, 4) is 0 Å². The molecule has 10 nitrogen and oxygen atoms in total. The van der Waals surface area contributed by atoms with E-state index in [1.54, 1.807) is 6.20 Å². The summed E-state index contributed by atoms with van der Waals surface area (Å²) in [6.45, 7) is 11.9. The van der Waals surface area contributed by atoms with Crippen molar-refractivity contribution in [2.45, 2.75) is 46.3 Å². The molecule has 2 atom stereocenters. The smallest absolute Gasteiger partial charge is 0.228 e. The standard InChI is InChI=1S/C20H29N9O/c1-5-30-9-8-29-18-17(15(4)27-29)25-20(28-11-13(2)22-10-14(28)3)26-19(18)24-16-6-7-21-12-23-16/h6-7,12-14,22H,5,8-11H2,1-4H3,(H,21,23,24,25,26)/t13-,14+/m1/s1. The molecule has 1 saturated heterocycles. The number of aryl methyl sites for hydroxylation is 1. The molecule has 2 N–H and O–H groups in total. The molecule has 0 spiro atoms. The topological polar surface area (TPSA) is 106 Å². The van der Waals surface area contributed by atoms with Gasteiger partial charge in [0.25, 0.3) is 0 Å². The predicted octanol–water partition coefficient (Wildman–Crippen LogP) is 1.89. The van der Waals surface area contributed by atoms with E-state index in [-0.39, 0.29) is 0 Å². The lowest BCUT2D eigenvalue weighted by Crippen LogP contribution is -2.55. The van der Waals surface area contributed by atoms with Crippen molar-refractivity contribution in [1.82, 2.24) is 35.0 Å². The summed E-state index contributed by atoms with van der Waals surface area (Å²) in [4.78, 5) is 20.4. The third kappa shape index (κ3) is 4.19. The largest absolute Gasteiger partial charge is 0.380 e. The molecule has 3 aromatic rings. The maximum atomic E-state index is 5.54. The molecule has 4 heterocycles. The van der Waals surface area contributed by atoms with Crippen LogP contribution in [0.25, 0.3) is 11.0 Å². The average Bonchev–Trinajstić information content (AvgIpc) is 3.06. The first kappa shape index (κ1) is 20.4. The third-order valence-electron chi connectivity index (χ3n) is 5.24. The molecule has 0 aliphatic carbocycles. The maximum Gasteiger partial charge on any atom is 0.228 e. The Morgan fingerprint density at radius 2 is 2.17 bits per heavy atom. The zero-order valence-corrected chi connectivity index (χ0v) is 18.0. The fourth-order valence-electron chi connectivity index (χ4n) is 3.68. The molecule has 0 aromatic carbocycles. The van der Waals surface area contributed by atoms with Crippen LogP contribution < -0.4 is 15.5 Å². The van der Waals surface area contributed by atoms with Gasteiger partial charge in [-0.3, -0.25) is 4.68 Å². The molecular weight excluding hydrogens is 382 g/mol. The van der Waals surface area contributed by atoms with Crippen molar-refractivity contribution in [3.63, 3.8) is 0 Å². The highest BCUT2D eigenvalue weighted by atomic mass is 16.5. The lowest BCUT2D eigenvalue weighted by Gasteiger charge is -2.37. The number of nitrogens with zero attached hydrogens (tertiary/aromatic N) is 7. The van der Waals surface area contributed by atoms with Crippen LogP contribution in [-0.4, -0.2) is 68.1 Å². The highest BCUT2D eigenvalue weighted by molar-refractivity contribution is 5.90. The van der Waals surface area contributed by atoms with Gasteiger partial charge in [0.05, 0.1) is 18.8 Å². The van der Waals surface area contributed by atoms with Gasteiger partial charge in [-0.25, -0.2) is 15.0 Å². The van der Waals surface area contributed by atoms with Gasteiger partial charge >= 0.3 is 0 Å². The van der Waals surface area contributed by atoms with Crippen LogP contribution in [0.1, 0.15) is 26.5 Å². The Labute approximate surface area is 176 Å². The predicted molar refractivity (Wildman–Crippen MR) is 116 cm³/mol. The fourth-order valence-corrected chi connectivity index (χ4v) is 3.68. The van der Waals surface area contributed by atoms with Crippen LogP contribution in [0.4, 0.5) is 17.6 Å². The first-order valence-electron chi connectivity index (χ1n) is 10.4. The molecule has 3 aromatic heterocycles. The van der Waals surface area contributed by atoms with E-state index in [0.29, 0.717) is 49.4 Å². The number of piperazine rings is 1. The molecule has 1 aliphatic heterocycles. The van der Waals surface area contributed by atoms with Crippen molar-refractivity contribution in [3.05, 3.63) is 24.3 Å². The SMILES string of the molecule is CCOCCn1nc(C)c2nc(N3C[C@@H](C)NC[C@@H]3C)nc(Nc3ccncn3)c21. The Bertz CT molecular complexity index is 991. The van der Waals surface area contributed by atoms with Crippen LogP contribution in [-0.2, 0) is 11.3 Å². The van der Waals surface area contributed by atoms with Crippen LogP contribution >= 0.6 is 0 Å². The van der Waals surface area contributed by atoms with Gasteiger partial charge in [-0.1, -0.05) is 0 Å². The average molecular weight is 412 g/mol. The highest BCUT2D eigenvalue weighted by Gasteiger charge is 2.27. The number of anilines is 3. The first-order chi connectivity index (χ1) is 14.6. The number of hydrogen-bond acceptors (Lipinski definition) is 9. The van der Waals surface area contributed by atoms with Crippen molar-refractivity contribution >= 4 is 28.6 Å². The second-order valence-corrected chi connectivity index (χ2v) is 7.61. The van der Waals surface area contributed by atoms with Gasteiger partial charge in [-0.15, -0.1) is 0 Å². The van der Waals surface area contributed by atoms with E-state index in [0.717, 1.165) is 29.8 Å². The van der Waals surface area contributed by atoms with Crippen molar-refractivity contribution < 1.29 is 4.74 Å². The van der Waals surface area contributed by atoms with Gasteiger partial charge in [-0.05, 0) is 33.8 Å². The van der Waals surface area contributed by atoms with E-state index in [9.17, 15) is 0 Å². The van der Waals surface area contributed by atoms with E-state index in [2.05, 4.69) is 39.3 Å². The molecule has 4 rings (SSSR count). The van der Waals surface area contributed by atoms with E-state index in [4.69, 9.17) is 19.8 Å². The number of hydrogen-bond donors (Lipinski definition) is 2. The fraction of sp³-hybridized carbons (Fsp3) is 0.550. The number of ether oxygens (including phenoxy) is 1. The zero-order valence-electron chi connectivity index (χ0n) is 18.0. The summed E-state index contributed by atoms with van der Waals surface area (Å²) in [6, 6.07) is 2.48. The molecule has 160 valence electrons.